The molecule has 124 valence electrons. The number of benzene rings is 1. The number of nitrogens with one attached hydrogen (secondary N) is 2. The molecule has 7 heteroatoms. The minimum absolute atomic E-state index is 0.327. The van der Waals surface area contributed by atoms with Crippen LogP contribution in [0.15, 0.2) is 33.9 Å². The maximum Gasteiger partial charge on any atom is 0.329 e. The van der Waals surface area contributed by atoms with E-state index < -0.39 is 17.2 Å². The second-order valence-corrected chi connectivity index (χ2v) is 6.99. The number of anilines is 1. The Morgan fingerprint density at radius 1 is 1.21 bits per heavy atom. The molecule has 0 unspecified atom stereocenters. The van der Waals surface area contributed by atoms with E-state index in [2.05, 4.69) is 10.3 Å². The van der Waals surface area contributed by atoms with Crippen LogP contribution in [0, 0.1) is 20.8 Å². The Balaban J connectivity index is 1.94. The number of aryl methyl sites for hydroxylation is 3. The van der Waals surface area contributed by atoms with Crippen molar-refractivity contribution < 1.29 is 4.79 Å². The van der Waals surface area contributed by atoms with Gasteiger partial charge in [-0.2, -0.15) is 0 Å². The highest BCUT2D eigenvalue weighted by molar-refractivity contribution is 7.18. The van der Waals surface area contributed by atoms with E-state index in [1.165, 1.54) is 11.3 Å². The smallest absolute Gasteiger partial charge is 0.324 e. The van der Waals surface area contributed by atoms with E-state index in [-0.39, 0.29) is 6.54 Å². The third-order valence-corrected chi connectivity index (χ3v) is 4.81. The van der Waals surface area contributed by atoms with Gasteiger partial charge in [0, 0.05) is 10.6 Å². The molecule has 0 aliphatic heterocycles. The second-order valence-electron chi connectivity index (χ2n) is 5.74. The first kappa shape index (κ1) is 16.2. The average molecular weight is 343 g/mol. The molecule has 0 atom stereocenters. The minimum Gasteiger partial charge on any atom is -0.324 e. The summed E-state index contributed by atoms with van der Waals surface area (Å²) in [5.41, 5.74) is 1.53. The number of hydrogen-bond acceptors (Lipinski definition) is 4. The molecule has 0 radical (unpaired) electrons. The standard InChI is InChI=1S/C17H17N3O3S/c1-9-5-4-6-10(2)14(9)18-13(21)8-20-16(22)12-7-11(3)24-15(12)19-17(20)23/h4-7H,8H2,1-3H3,(H,18,21)(H,19,23). The van der Waals surface area contributed by atoms with Gasteiger partial charge < -0.3 is 5.32 Å². The quantitative estimate of drug-likeness (QED) is 0.765. The molecule has 2 N–H and O–H groups in total. The molecule has 2 heterocycles. The van der Waals surface area contributed by atoms with Gasteiger partial charge in [-0.25, -0.2) is 4.79 Å². The Hall–Kier alpha value is -2.67. The monoisotopic (exact) mass is 343 g/mol. The molecule has 0 saturated carbocycles. The molecule has 1 aromatic carbocycles. The first-order valence-corrected chi connectivity index (χ1v) is 8.28. The third kappa shape index (κ3) is 2.90. The summed E-state index contributed by atoms with van der Waals surface area (Å²) in [6.45, 7) is 5.32. The molecule has 0 saturated heterocycles. The number of amides is 1. The molecule has 1 amide bonds. The molecule has 0 aliphatic carbocycles. The van der Waals surface area contributed by atoms with E-state index in [0.717, 1.165) is 20.6 Å². The normalized spacial score (nSPS) is 11.0. The molecular weight excluding hydrogens is 326 g/mol. The van der Waals surface area contributed by atoms with Crippen LogP contribution >= 0.6 is 11.3 Å². The number of carbonyl (C=O) groups excluding carboxylic acids is 1. The second kappa shape index (κ2) is 6.09. The Morgan fingerprint density at radius 3 is 2.54 bits per heavy atom. The summed E-state index contributed by atoms with van der Waals surface area (Å²) in [5, 5.41) is 3.21. The van der Waals surface area contributed by atoms with Crippen LogP contribution in [0.2, 0.25) is 0 Å². The maximum atomic E-state index is 12.5. The van der Waals surface area contributed by atoms with Gasteiger partial charge in [0.2, 0.25) is 5.91 Å². The lowest BCUT2D eigenvalue weighted by atomic mass is 10.1. The lowest BCUT2D eigenvalue weighted by Gasteiger charge is -2.12. The fraction of sp³-hybridized carbons (Fsp3) is 0.235. The summed E-state index contributed by atoms with van der Waals surface area (Å²) >= 11 is 1.35. The predicted octanol–water partition coefficient (Wildman–Crippen LogP) is 2.32. The van der Waals surface area contributed by atoms with Crippen molar-refractivity contribution in [2.24, 2.45) is 0 Å². The van der Waals surface area contributed by atoms with Gasteiger partial charge in [-0.05, 0) is 38.0 Å². The number of fused-ring (bicyclic) bond motifs is 1. The van der Waals surface area contributed by atoms with Crippen molar-refractivity contribution in [2.45, 2.75) is 27.3 Å². The van der Waals surface area contributed by atoms with Crippen molar-refractivity contribution in [1.82, 2.24) is 9.55 Å². The summed E-state index contributed by atoms with van der Waals surface area (Å²) in [6, 6.07) is 7.41. The summed E-state index contributed by atoms with van der Waals surface area (Å²) < 4.78 is 0.928. The topological polar surface area (TPSA) is 84.0 Å². The van der Waals surface area contributed by atoms with Gasteiger partial charge in [-0.1, -0.05) is 18.2 Å². The van der Waals surface area contributed by atoms with Crippen molar-refractivity contribution in [1.29, 1.82) is 0 Å². The molecule has 0 fully saturated rings. The molecule has 0 aliphatic rings. The SMILES string of the molecule is Cc1cc2c(=O)n(CC(=O)Nc3c(C)cccc3C)c(=O)[nH]c2s1. The minimum atomic E-state index is -0.578. The van der Waals surface area contributed by atoms with Crippen LogP contribution in [-0.4, -0.2) is 15.5 Å². The molecule has 6 nitrogen and oxygen atoms in total. The first-order valence-electron chi connectivity index (χ1n) is 7.46. The number of nitrogens with zero attached hydrogens (tertiary/aromatic N) is 1. The summed E-state index contributed by atoms with van der Waals surface area (Å²) in [7, 11) is 0. The number of H-pyrrole nitrogens is 1. The highest BCUT2D eigenvalue weighted by Gasteiger charge is 2.14. The maximum absolute atomic E-state index is 12.5. The predicted molar refractivity (Wildman–Crippen MR) is 96.0 cm³/mol. The van der Waals surface area contributed by atoms with Crippen LogP contribution in [0.1, 0.15) is 16.0 Å². The summed E-state index contributed by atoms with van der Waals surface area (Å²) in [5.74, 6) is -0.411. The Kier molecular flexibility index (Phi) is 4.11. The van der Waals surface area contributed by atoms with Crippen molar-refractivity contribution in [3.05, 3.63) is 61.1 Å². The fourth-order valence-electron chi connectivity index (χ4n) is 2.65. The lowest BCUT2D eigenvalue weighted by Crippen LogP contribution is -2.38. The third-order valence-electron chi connectivity index (χ3n) is 3.84. The van der Waals surface area contributed by atoms with Crippen LogP contribution < -0.4 is 16.6 Å². The average Bonchev–Trinajstić information content (AvgIpc) is 2.88. The number of hydrogen-bond donors (Lipinski definition) is 2. The molecule has 2 aromatic heterocycles. The van der Waals surface area contributed by atoms with E-state index >= 15 is 0 Å². The van der Waals surface area contributed by atoms with E-state index in [1.807, 2.05) is 39.0 Å². The summed E-state index contributed by atoms with van der Waals surface area (Å²) in [4.78, 5) is 41.0. The number of carbonyl (C=O) groups is 1. The number of para-hydroxylation sites is 1. The van der Waals surface area contributed by atoms with Crippen LogP contribution in [0.4, 0.5) is 5.69 Å². The van der Waals surface area contributed by atoms with Gasteiger partial charge in [0.1, 0.15) is 11.4 Å². The molecule has 0 bridgehead atoms. The lowest BCUT2D eigenvalue weighted by molar-refractivity contribution is -0.116. The van der Waals surface area contributed by atoms with Crippen LogP contribution in [0.5, 0.6) is 0 Å². The highest BCUT2D eigenvalue weighted by Crippen LogP contribution is 2.20. The van der Waals surface area contributed by atoms with Gasteiger partial charge in [0.15, 0.2) is 0 Å². The van der Waals surface area contributed by atoms with Crippen LogP contribution in [-0.2, 0) is 11.3 Å². The van der Waals surface area contributed by atoms with Gasteiger partial charge in [-0.3, -0.25) is 19.1 Å². The van der Waals surface area contributed by atoms with Gasteiger partial charge in [0.05, 0.1) is 5.39 Å². The molecule has 3 aromatic rings. The zero-order valence-corrected chi connectivity index (χ0v) is 14.4. The van der Waals surface area contributed by atoms with E-state index in [0.29, 0.717) is 15.9 Å². The Bertz CT molecular complexity index is 1040. The largest absolute Gasteiger partial charge is 0.329 e. The van der Waals surface area contributed by atoms with Gasteiger partial charge in [0.25, 0.3) is 5.56 Å². The van der Waals surface area contributed by atoms with E-state index in [9.17, 15) is 14.4 Å². The Morgan fingerprint density at radius 2 is 1.88 bits per heavy atom. The Labute approximate surface area is 141 Å². The zero-order valence-electron chi connectivity index (χ0n) is 13.6. The van der Waals surface area contributed by atoms with Gasteiger partial charge in [-0.15, -0.1) is 11.3 Å². The highest BCUT2D eigenvalue weighted by atomic mass is 32.1. The first-order chi connectivity index (χ1) is 11.4. The number of aromatic amines is 1. The molecule has 0 spiro atoms. The fourth-order valence-corrected chi connectivity index (χ4v) is 3.54. The van der Waals surface area contributed by atoms with Crippen LogP contribution in [0.25, 0.3) is 10.2 Å². The molecular formula is C17H17N3O3S. The number of thiophene rings is 1. The molecule has 3 rings (SSSR count). The van der Waals surface area contributed by atoms with Crippen molar-refractivity contribution in [3.63, 3.8) is 0 Å². The summed E-state index contributed by atoms with van der Waals surface area (Å²) in [6.07, 6.45) is 0. The van der Waals surface area contributed by atoms with E-state index in [1.54, 1.807) is 6.07 Å². The van der Waals surface area contributed by atoms with Crippen molar-refractivity contribution >= 4 is 33.1 Å². The zero-order chi connectivity index (χ0) is 17.4. The van der Waals surface area contributed by atoms with Crippen LogP contribution in [0.3, 0.4) is 0 Å². The number of rotatable bonds is 3. The van der Waals surface area contributed by atoms with E-state index in [4.69, 9.17) is 0 Å². The van der Waals surface area contributed by atoms with Crippen molar-refractivity contribution in [3.8, 4) is 0 Å². The van der Waals surface area contributed by atoms with Crippen molar-refractivity contribution in [2.75, 3.05) is 5.32 Å². The molecule has 24 heavy (non-hydrogen) atoms. The number of aromatic nitrogens is 2. The van der Waals surface area contributed by atoms with Gasteiger partial charge >= 0.3 is 5.69 Å².